The smallest absolute Gasteiger partial charge is 0.274 e. The molecule has 2 amide bonds. The summed E-state index contributed by atoms with van der Waals surface area (Å²) in [6.45, 7) is 1.20. The second-order valence-corrected chi connectivity index (χ2v) is 6.45. The van der Waals surface area contributed by atoms with Crippen molar-refractivity contribution in [2.24, 2.45) is 0 Å². The summed E-state index contributed by atoms with van der Waals surface area (Å²) in [7, 11) is 3.83. The van der Waals surface area contributed by atoms with Gasteiger partial charge in [0.15, 0.2) is 0 Å². The van der Waals surface area contributed by atoms with Crippen molar-refractivity contribution in [3.63, 3.8) is 0 Å². The quantitative estimate of drug-likeness (QED) is 0.807. The van der Waals surface area contributed by atoms with Crippen LogP contribution in [0.2, 0.25) is 10.0 Å². The summed E-state index contributed by atoms with van der Waals surface area (Å²) in [4.78, 5) is 30.5. The van der Waals surface area contributed by atoms with E-state index in [4.69, 9.17) is 23.2 Å². The van der Waals surface area contributed by atoms with Crippen molar-refractivity contribution in [3.05, 3.63) is 57.8 Å². The summed E-state index contributed by atoms with van der Waals surface area (Å²) < 4.78 is 0. The average Bonchev–Trinajstić information content (AvgIpc) is 2.53. The number of hydrogen-bond acceptors (Lipinski definition) is 4. The van der Waals surface area contributed by atoms with E-state index >= 15 is 0 Å². The van der Waals surface area contributed by atoms with Crippen molar-refractivity contribution >= 4 is 40.7 Å². The molecule has 0 radical (unpaired) electrons. The van der Waals surface area contributed by atoms with Crippen LogP contribution in [-0.4, -0.2) is 48.9 Å². The molecule has 0 saturated carbocycles. The largest absolute Gasteiger partial charge is 0.349 e. The molecule has 0 atom stereocenters. The molecule has 0 saturated heterocycles. The Bertz CT molecular complexity index is 761. The molecule has 8 heteroatoms. The highest BCUT2D eigenvalue weighted by Crippen LogP contribution is 2.22. The molecule has 0 aliphatic carbocycles. The van der Waals surface area contributed by atoms with E-state index < -0.39 is 5.91 Å². The number of aromatic nitrogens is 1. The molecule has 132 valence electrons. The molecule has 2 N–H and O–H groups in total. The third-order valence-corrected chi connectivity index (χ3v) is 3.62. The van der Waals surface area contributed by atoms with Crippen LogP contribution in [0.25, 0.3) is 0 Å². The lowest BCUT2D eigenvalue weighted by Crippen LogP contribution is -2.32. The fourth-order valence-electron chi connectivity index (χ4n) is 1.99. The van der Waals surface area contributed by atoms with Gasteiger partial charge in [0.1, 0.15) is 11.4 Å². The van der Waals surface area contributed by atoms with E-state index in [0.717, 1.165) is 0 Å². The van der Waals surface area contributed by atoms with Gasteiger partial charge in [0.05, 0.1) is 0 Å². The molecule has 0 aliphatic rings. The second kappa shape index (κ2) is 8.80. The lowest BCUT2D eigenvalue weighted by Gasteiger charge is -2.10. The van der Waals surface area contributed by atoms with Crippen LogP contribution in [0.3, 0.4) is 0 Å². The summed E-state index contributed by atoms with van der Waals surface area (Å²) in [5.74, 6) is -0.788. The van der Waals surface area contributed by atoms with Gasteiger partial charge < -0.3 is 15.5 Å². The lowest BCUT2D eigenvalue weighted by molar-refractivity contribution is 0.0946. The highest BCUT2D eigenvalue weighted by atomic mass is 35.5. The summed E-state index contributed by atoms with van der Waals surface area (Å²) in [6.07, 6.45) is 0. The van der Waals surface area contributed by atoms with Crippen LogP contribution in [-0.2, 0) is 0 Å². The van der Waals surface area contributed by atoms with E-state index in [0.29, 0.717) is 28.8 Å². The Balaban J connectivity index is 2.06. The van der Waals surface area contributed by atoms with Crippen LogP contribution in [0.5, 0.6) is 0 Å². The van der Waals surface area contributed by atoms with E-state index in [1.807, 2.05) is 19.0 Å². The van der Waals surface area contributed by atoms with Gasteiger partial charge in [-0.15, -0.1) is 0 Å². The highest BCUT2D eigenvalue weighted by Gasteiger charge is 2.13. The number of amides is 2. The number of nitrogens with one attached hydrogen (secondary N) is 2. The normalized spacial score (nSPS) is 10.6. The zero-order valence-electron chi connectivity index (χ0n) is 13.8. The first kappa shape index (κ1) is 19.2. The van der Waals surface area contributed by atoms with Crippen molar-refractivity contribution in [2.45, 2.75) is 0 Å². The summed E-state index contributed by atoms with van der Waals surface area (Å²) in [6, 6.07) is 9.39. The Morgan fingerprint density at radius 2 is 1.64 bits per heavy atom. The number of benzene rings is 1. The topological polar surface area (TPSA) is 74.3 Å². The average molecular weight is 381 g/mol. The number of rotatable bonds is 6. The second-order valence-electron chi connectivity index (χ2n) is 5.58. The Hall–Kier alpha value is -2.15. The first-order chi connectivity index (χ1) is 11.8. The fourth-order valence-corrected chi connectivity index (χ4v) is 2.52. The number of nitrogens with zero attached hydrogens (tertiary/aromatic N) is 2. The molecule has 0 spiro atoms. The van der Waals surface area contributed by atoms with Gasteiger partial charge in [0.25, 0.3) is 11.8 Å². The molecule has 2 aromatic rings. The van der Waals surface area contributed by atoms with E-state index in [1.165, 1.54) is 6.07 Å². The fraction of sp³-hybridized carbons (Fsp3) is 0.235. The molecule has 1 heterocycles. The first-order valence-corrected chi connectivity index (χ1v) is 8.28. The molecule has 2 rings (SSSR count). The van der Waals surface area contributed by atoms with Gasteiger partial charge in [-0.25, -0.2) is 4.98 Å². The number of likely N-dealkylation sites (N-methyl/N-ethyl adjacent to an activating group) is 1. The van der Waals surface area contributed by atoms with Gasteiger partial charge in [-0.1, -0.05) is 29.3 Å². The van der Waals surface area contributed by atoms with Crippen LogP contribution in [0.1, 0.15) is 21.0 Å². The first-order valence-electron chi connectivity index (χ1n) is 7.52. The van der Waals surface area contributed by atoms with Crippen LogP contribution in [0, 0.1) is 0 Å². The van der Waals surface area contributed by atoms with Crippen LogP contribution >= 0.6 is 23.2 Å². The minimum absolute atomic E-state index is 0.122. The van der Waals surface area contributed by atoms with Crippen molar-refractivity contribution < 1.29 is 9.59 Å². The van der Waals surface area contributed by atoms with Gasteiger partial charge in [0, 0.05) is 28.8 Å². The minimum atomic E-state index is -0.457. The molecule has 6 nitrogen and oxygen atoms in total. The molecule has 25 heavy (non-hydrogen) atoms. The van der Waals surface area contributed by atoms with Gasteiger partial charge in [-0.2, -0.15) is 0 Å². The molecule has 1 aromatic carbocycles. The lowest BCUT2D eigenvalue weighted by atomic mass is 10.2. The minimum Gasteiger partial charge on any atom is -0.349 e. The number of carbonyl (C=O) groups excluding carboxylic acids is 2. The third-order valence-electron chi connectivity index (χ3n) is 3.18. The molecule has 0 unspecified atom stereocenters. The summed E-state index contributed by atoms with van der Waals surface area (Å²) in [5, 5.41) is 6.22. The van der Waals surface area contributed by atoms with Crippen LogP contribution in [0.15, 0.2) is 36.4 Å². The zero-order valence-corrected chi connectivity index (χ0v) is 15.4. The van der Waals surface area contributed by atoms with Gasteiger partial charge >= 0.3 is 0 Å². The maximum absolute atomic E-state index is 12.3. The van der Waals surface area contributed by atoms with E-state index in [1.54, 1.807) is 30.3 Å². The predicted octanol–water partition coefficient (Wildman–Crippen LogP) is 2.93. The Labute approximate surface area is 156 Å². The van der Waals surface area contributed by atoms with Crippen molar-refractivity contribution in [3.8, 4) is 0 Å². The maximum Gasteiger partial charge on any atom is 0.274 e. The summed E-state index contributed by atoms with van der Waals surface area (Å²) in [5.41, 5.74) is 0.747. The third kappa shape index (κ3) is 6.01. The van der Waals surface area contributed by atoms with Gasteiger partial charge in [-0.05, 0) is 44.4 Å². The van der Waals surface area contributed by atoms with Crippen molar-refractivity contribution in [1.29, 1.82) is 0 Å². The van der Waals surface area contributed by atoms with E-state index in [9.17, 15) is 9.59 Å². The summed E-state index contributed by atoms with van der Waals surface area (Å²) >= 11 is 11.8. The molecule has 1 aromatic heterocycles. The van der Waals surface area contributed by atoms with Gasteiger partial charge in [-0.3, -0.25) is 9.59 Å². The number of hydrogen-bond donors (Lipinski definition) is 2. The van der Waals surface area contributed by atoms with Crippen molar-refractivity contribution in [2.75, 3.05) is 32.5 Å². The molecule has 0 fully saturated rings. The molecule has 0 bridgehead atoms. The standard InChI is InChI=1S/C17H18Cl2N4O2/c1-23(2)7-6-20-16(24)14-4-3-5-15(22-14)17(25)21-13-9-11(18)8-12(19)10-13/h3-5,8-10H,6-7H2,1-2H3,(H,20,24)(H,21,25). The number of anilines is 1. The monoisotopic (exact) mass is 380 g/mol. The van der Waals surface area contributed by atoms with Crippen LogP contribution < -0.4 is 10.6 Å². The number of halogens is 2. The Kier molecular flexibility index (Phi) is 6.75. The Morgan fingerprint density at radius 3 is 2.24 bits per heavy atom. The number of carbonyl (C=O) groups is 2. The Morgan fingerprint density at radius 1 is 1.04 bits per heavy atom. The predicted molar refractivity (Wildman–Crippen MR) is 99.5 cm³/mol. The van der Waals surface area contributed by atoms with E-state index in [-0.39, 0.29) is 17.3 Å². The highest BCUT2D eigenvalue weighted by molar-refractivity contribution is 6.35. The zero-order chi connectivity index (χ0) is 18.4. The van der Waals surface area contributed by atoms with Gasteiger partial charge in [0.2, 0.25) is 0 Å². The SMILES string of the molecule is CN(C)CCNC(=O)c1cccc(C(=O)Nc2cc(Cl)cc(Cl)c2)n1. The van der Waals surface area contributed by atoms with Crippen molar-refractivity contribution in [1.82, 2.24) is 15.2 Å². The van der Waals surface area contributed by atoms with Crippen LogP contribution in [0.4, 0.5) is 5.69 Å². The maximum atomic E-state index is 12.3. The van der Waals surface area contributed by atoms with E-state index in [2.05, 4.69) is 15.6 Å². The molecular formula is C17H18Cl2N4O2. The molecular weight excluding hydrogens is 363 g/mol. The number of pyridine rings is 1. The molecule has 0 aliphatic heterocycles.